The van der Waals surface area contributed by atoms with Crippen LogP contribution in [-0.4, -0.2) is 27.2 Å². The van der Waals surface area contributed by atoms with Gasteiger partial charge < -0.3 is 19.1 Å². The van der Waals surface area contributed by atoms with Gasteiger partial charge >= 0.3 is 12.3 Å². The second-order valence-corrected chi connectivity index (χ2v) is 8.70. The summed E-state index contributed by atoms with van der Waals surface area (Å²) in [6.45, 7) is 1.74. The minimum Gasteiger partial charge on any atom is -0.481 e. The fourth-order valence-corrected chi connectivity index (χ4v) is 4.32. The second kappa shape index (κ2) is 9.36. The fraction of sp³-hybridized carbons (Fsp3) is 0.154. The van der Waals surface area contributed by atoms with Gasteiger partial charge in [0.2, 0.25) is 0 Å². The van der Waals surface area contributed by atoms with Crippen LogP contribution in [0.3, 0.4) is 0 Å². The number of alkyl halides is 3. The third kappa shape index (κ3) is 5.05. The lowest BCUT2D eigenvalue weighted by atomic mass is 10.1. The summed E-state index contributed by atoms with van der Waals surface area (Å²) in [5.74, 6) is -0.256. The summed E-state index contributed by atoms with van der Waals surface area (Å²) in [5.41, 5.74) is 2.23. The average Bonchev–Trinajstić information content (AvgIpc) is 3.34. The number of fused-ring (bicyclic) bond motifs is 2. The van der Waals surface area contributed by atoms with E-state index in [9.17, 15) is 18.0 Å². The van der Waals surface area contributed by atoms with Crippen molar-refractivity contribution in [2.75, 3.05) is 0 Å². The van der Waals surface area contributed by atoms with Gasteiger partial charge in [-0.15, -0.1) is 13.2 Å². The Morgan fingerprint density at radius 1 is 1.08 bits per heavy atom. The maximum atomic E-state index is 12.9. The van der Waals surface area contributed by atoms with Gasteiger partial charge in [-0.2, -0.15) is 0 Å². The van der Waals surface area contributed by atoms with Gasteiger partial charge in [0.05, 0.1) is 16.6 Å². The molecule has 0 radical (unpaired) electrons. The predicted octanol–water partition coefficient (Wildman–Crippen LogP) is 7.44. The Morgan fingerprint density at radius 2 is 1.89 bits per heavy atom. The molecule has 0 aliphatic rings. The molecule has 0 amide bonds. The summed E-state index contributed by atoms with van der Waals surface area (Å²) in [7, 11) is 0. The molecule has 2 aromatic heterocycles. The number of halogens is 4. The molecule has 1 N–H and O–H groups in total. The lowest BCUT2D eigenvalue weighted by Crippen LogP contribution is -2.17. The van der Waals surface area contributed by atoms with Gasteiger partial charge in [0, 0.05) is 22.9 Å². The zero-order chi connectivity index (χ0) is 26.3. The van der Waals surface area contributed by atoms with Crippen LogP contribution in [0.4, 0.5) is 13.2 Å². The summed E-state index contributed by atoms with van der Waals surface area (Å²) in [6, 6.07) is 15.8. The maximum absolute atomic E-state index is 12.9. The van der Waals surface area contributed by atoms with Crippen LogP contribution in [0.15, 0.2) is 65.2 Å². The van der Waals surface area contributed by atoms with E-state index in [1.807, 2.05) is 0 Å². The molecule has 5 rings (SSSR count). The lowest BCUT2D eigenvalue weighted by Gasteiger charge is -2.10. The summed E-state index contributed by atoms with van der Waals surface area (Å²) in [4.78, 5) is 11.0. The molecule has 0 fully saturated rings. The number of hydrogen-bond donors (Lipinski definition) is 1. The molecule has 7 nitrogen and oxygen atoms in total. The van der Waals surface area contributed by atoms with Crippen molar-refractivity contribution in [1.82, 2.24) is 9.72 Å². The van der Waals surface area contributed by atoms with Crippen LogP contribution >= 0.6 is 11.6 Å². The molecule has 0 aliphatic heterocycles. The molecule has 37 heavy (non-hydrogen) atoms. The Bertz CT molecular complexity index is 1640. The molecule has 0 spiro atoms. The number of benzene rings is 3. The van der Waals surface area contributed by atoms with Crippen molar-refractivity contribution in [3.63, 3.8) is 0 Å². The molecule has 0 saturated heterocycles. The van der Waals surface area contributed by atoms with Gasteiger partial charge in [-0.3, -0.25) is 9.36 Å². The summed E-state index contributed by atoms with van der Waals surface area (Å²) >= 11 is 6.06. The number of aryl methyl sites for hydroxylation is 1. The number of ether oxygens (including phenoxy) is 2. The topological polar surface area (TPSA) is 86.7 Å². The van der Waals surface area contributed by atoms with E-state index >= 15 is 0 Å². The van der Waals surface area contributed by atoms with Crippen LogP contribution < -0.4 is 9.47 Å². The molecule has 5 aromatic rings. The van der Waals surface area contributed by atoms with E-state index in [-0.39, 0.29) is 12.2 Å². The second-order valence-electron chi connectivity index (χ2n) is 8.27. The van der Waals surface area contributed by atoms with Crippen LogP contribution in [-0.2, 0) is 11.2 Å². The number of aliphatic carboxylic acids is 1. The predicted molar refractivity (Wildman–Crippen MR) is 130 cm³/mol. The Labute approximate surface area is 212 Å². The number of hydrogen-bond acceptors (Lipinski definition) is 5. The maximum Gasteiger partial charge on any atom is 0.573 e. The molecule has 0 atom stereocenters. The minimum atomic E-state index is -4.87. The fourth-order valence-electron chi connectivity index (χ4n) is 4.16. The summed E-state index contributed by atoms with van der Waals surface area (Å²) in [6.07, 6.45) is -4.63. The van der Waals surface area contributed by atoms with Crippen molar-refractivity contribution < 1.29 is 37.1 Å². The van der Waals surface area contributed by atoms with Crippen molar-refractivity contribution in [1.29, 1.82) is 0 Å². The van der Waals surface area contributed by atoms with E-state index in [0.29, 0.717) is 50.6 Å². The molecule has 3 aromatic carbocycles. The number of carboxylic acids is 1. The smallest absolute Gasteiger partial charge is 0.481 e. The Morgan fingerprint density at radius 3 is 2.65 bits per heavy atom. The van der Waals surface area contributed by atoms with Gasteiger partial charge in [-0.05, 0) is 61.4 Å². The van der Waals surface area contributed by atoms with Gasteiger partial charge in [0.25, 0.3) is 0 Å². The Kier molecular flexibility index (Phi) is 6.20. The number of carbonyl (C=O) groups is 1. The molecule has 2 heterocycles. The van der Waals surface area contributed by atoms with Crippen molar-refractivity contribution in [3.8, 4) is 23.1 Å². The highest BCUT2D eigenvalue weighted by Gasteiger charge is 2.32. The van der Waals surface area contributed by atoms with Gasteiger partial charge in [0.1, 0.15) is 11.5 Å². The summed E-state index contributed by atoms with van der Waals surface area (Å²) < 4.78 is 56.3. The van der Waals surface area contributed by atoms with Crippen LogP contribution in [0, 0.1) is 6.92 Å². The molecule has 0 aliphatic carbocycles. The first-order valence-corrected chi connectivity index (χ1v) is 11.4. The van der Waals surface area contributed by atoms with E-state index in [0.717, 1.165) is 5.56 Å². The third-order valence-electron chi connectivity index (χ3n) is 5.72. The van der Waals surface area contributed by atoms with E-state index < -0.39 is 18.1 Å². The highest BCUT2D eigenvalue weighted by Crippen LogP contribution is 2.41. The molecule has 11 heteroatoms. The highest BCUT2D eigenvalue weighted by atomic mass is 35.5. The minimum absolute atomic E-state index is 0.0524. The standard InChI is InChI=1S/C26H18ClF3N2O5/c1-14-24(35-17-4-2-3-15(11-17)5-10-23(33)34)20-13-18(36-26(28,29)30)7-9-21(20)32(14)25-19-8-6-16(27)12-22(19)37-31-25/h2-4,6-9,11-13H,5,10H2,1H3,(H,33,34). The zero-order valence-corrected chi connectivity index (χ0v) is 19.9. The average molecular weight is 531 g/mol. The SMILES string of the molecule is Cc1c(Oc2cccc(CCC(=O)O)c2)c2cc(OC(F)(F)F)ccc2n1-c1noc2cc(Cl)ccc12. The normalized spacial score (nSPS) is 11.8. The van der Waals surface area contributed by atoms with E-state index in [1.165, 1.54) is 18.2 Å². The molecule has 0 bridgehead atoms. The summed E-state index contributed by atoms with van der Waals surface area (Å²) in [5, 5.41) is 14.6. The van der Waals surface area contributed by atoms with Crippen molar-refractivity contribution in [3.05, 3.63) is 76.9 Å². The van der Waals surface area contributed by atoms with E-state index in [4.69, 9.17) is 26.0 Å². The van der Waals surface area contributed by atoms with Crippen LogP contribution in [0.5, 0.6) is 17.2 Å². The largest absolute Gasteiger partial charge is 0.573 e. The number of carboxylic acid groups (broad SMARTS) is 1. The van der Waals surface area contributed by atoms with Gasteiger partial charge in [-0.1, -0.05) is 28.9 Å². The molecular weight excluding hydrogens is 513 g/mol. The number of rotatable bonds is 7. The zero-order valence-electron chi connectivity index (χ0n) is 19.2. The van der Waals surface area contributed by atoms with Crippen molar-refractivity contribution >= 4 is 39.4 Å². The quantitative estimate of drug-likeness (QED) is 0.235. The highest BCUT2D eigenvalue weighted by molar-refractivity contribution is 6.31. The first kappa shape index (κ1) is 24.5. The molecular formula is C26H18ClF3N2O5. The van der Waals surface area contributed by atoms with Crippen LogP contribution in [0.2, 0.25) is 5.02 Å². The molecule has 0 saturated carbocycles. The number of aromatic nitrogens is 2. The van der Waals surface area contributed by atoms with Crippen molar-refractivity contribution in [2.24, 2.45) is 0 Å². The molecule has 0 unspecified atom stereocenters. The lowest BCUT2D eigenvalue weighted by molar-refractivity contribution is -0.274. The Hall–Kier alpha value is -4.18. The van der Waals surface area contributed by atoms with Crippen LogP contribution in [0.25, 0.3) is 27.7 Å². The van der Waals surface area contributed by atoms with E-state index in [2.05, 4.69) is 9.89 Å². The van der Waals surface area contributed by atoms with E-state index in [1.54, 1.807) is 54.0 Å². The first-order chi connectivity index (χ1) is 17.6. The monoisotopic (exact) mass is 530 g/mol. The van der Waals surface area contributed by atoms with Gasteiger partial charge in [0.15, 0.2) is 17.2 Å². The Balaban J connectivity index is 1.65. The third-order valence-corrected chi connectivity index (χ3v) is 5.96. The molecule has 190 valence electrons. The van der Waals surface area contributed by atoms with Gasteiger partial charge in [-0.25, -0.2) is 0 Å². The van der Waals surface area contributed by atoms with Crippen molar-refractivity contribution in [2.45, 2.75) is 26.1 Å². The number of nitrogens with zero attached hydrogens (tertiary/aromatic N) is 2. The first-order valence-electron chi connectivity index (χ1n) is 11.0. The van der Waals surface area contributed by atoms with Crippen LogP contribution in [0.1, 0.15) is 17.7 Å².